The molecule has 0 spiro atoms. The standard InChI is InChI=1S/C31H41N3O4.C3H8/c1-4-23(5-2)28(21-35)34(31(37)29(32-3)27-18-24-10-6-7-11-25(24)19-27)20-22-9-8-12-26(17-22)30(36)33-13-15-38-16-14-33;1-3-2/h6-12,17,21,23,27-29,32H,4-5,13-16,18-20H2,1-3H3;3H2,1-2H3/t28-,29?;/m0./s1. The molecule has 7 heteroatoms. The van der Waals surface area contributed by atoms with Gasteiger partial charge in [0, 0.05) is 25.2 Å². The molecule has 0 aromatic heterocycles. The summed E-state index contributed by atoms with van der Waals surface area (Å²) in [5.41, 5.74) is 4.02. The number of hydrogen-bond acceptors (Lipinski definition) is 5. The summed E-state index contributed by atoms with van der Waals surface area (Å²) in [6, 6.07) is 14.9. The van der Waals surface area contributed by atoms with Crippen LogP contribution >= 0.6 is 0 Å². The van der Waals surface area contributed by atoms with E-state index in [1.165, 1.54) is 17.5 Å². The number of likely N-dealkylation sites (N-methyl/N-ethyl adjacent to an activating group) is 1. The van der Waals surface area contributed by atoms with E-state index >= 15 is 0 Å². The van der Waals surface area contributed by atoms with Crippen LogP contribution in [0.2, 0.25) is 0 Å². The summed E-state index contributed by atoms with van der Waals surface area (Å²) in [6.45, 7) is 10.9. The minimum Gasteiger partial charge on any atom is -0.378 e. The molecule has 1 aliphatic carbocycles. The Kier molecular flexibility index (Phi) is 13.0. The first-order valence-corrected chi connectivity index (χ1v) is 15.4. The van der Waals surface area contributed by atoms with Crippen molar-refractivity contribution in [3.05, 3.63) is 70.8 Å². The second-order valence-corrected chi connectivity index (χ2v) is 11.2. The number of nitrogens with zero attached hydrogens (tertiary/aromatic N) is 2. The van der Waals surface area contributed by atoms with Crippen molar-refractivity contribution in [2.45, 2.75) is 78.4 Å². The zero-order valence-electron chi connectivity index (χ0n) is 25.6. The Bertz CT molecular complexity index is 1100. The van der Waals surface area contributed by atoms with E-state index in [0.29, 0.717) is 31.9 Å². The lowest BCUT2D eigenvalue weighted by Gasteiger charge is -2.37. The van der Waals surface area contributed by atoms with Crippen molar-refractivity contribution >= 4 is 18.1 Å². The van der Waals surface area contributed by atoms with Crippen molar-refractivity contribution < 1.29 is 19.1 Å². The first kappa shape index (κ1) is 32.5. The lowest BCUT2D eigenvalue weighted by molar-refractivity contribution is -0.142. The Balaban J connectivity index is 0.00000147. The molecule has 0 saturated carbocycles. The Labute approximate surface area is 246 Å². The van der Waals surface area contributed by atoms with Crippen LogP contribution in [-0.4, -0.2) is 73.3 Å². The Morgan fingerprint density at radius 1 is 1.00 bits per heavy atom. The molecule has 41 heavy (non-hydrogen) atoms. The van der Waals surface area contributed by atoms with Crippen molar-refractivity contribution in [2.24, 2.45) is 11.8 Å². The number of carbonyl (C=O) groups is 3. The molecule has 2 amide bonds. The van der Waals surface area contributed by atoms with Gasteiger partial charge in [0.25, 0.3) is 5.91 Å². The molecule has 2 aliphatic rings. The molecular weight excluding hydrogens is 514 g/mol. The fraction of sp³-hybridized carbons (Fsp3) is 0.559. The lowest BCUT2D eigenvalue weighted by atomic mass is 9.90. The number of aldehydes is 1. The third-order valence-electron chi connectivity index (χ3n) is 8.27. The molecule has 1 heterocycles. The first-order chi connectivity index (χ1) is 19.9. The largest absolute Gasteiger partial charge is 0.378 e. The highest BCUT2D eigenvalue weighted by Gasteiger charge is 2.38. The minimum atomic E-state index is -0.532. The van der Waals surface area contributed by atoms with Gasteiger partial charge in [-0.1, -0.05) is 83.4 Å². The normalized spacial score (nSPS) is 16.4. The van der Waals surface area contributed by atoms with Crippen LogP contribution in [0.3, 0.4) is 0 Å². The van der Waals surface area contributed by atoms with Crippen molar-refractivity contribution in [2.75, 3.05) is 33.4 Å². The summed E-state index contributed by atoms with van der Waals surface area (Å²) in [5.74, 6) is 0.0968. The molecule has 4 rings (SSSR count). The highest BCUT2D eigenvalue weighted by atomic mass is 16.5. The Morgan fingerprint density at radius 2 is 1.61 bits per heavy atom. The number of benzene rings is 2. The molecule has 224 valence electrons. The molecule has 2 atom stereocenters. The second kappa shape index (κ2) is 16.4. The number of morpholine rings is 1. The molecule has 1 N–H and O–H groups in total. The smallest absolute Gasteiger partial charge is 0.254 e. The predicted octanol–water partition coefficient (Wildman–Crippen LogP) is 4.91. The summed E-state index contributed by atoms with van der Waals surface area (Å²) < 4.78 is 5.39. The van der Waals surface area contributed by atoms with Gasteiger partial charge in [-0.25, -0.2) is 0 Å². The summed E-state index contributed by atoms with van der Waals surface area (Å²) in [4.78, 5) is 43.4. The number of fused-ring (bicyclic) bond motifs is 1. The van der Waals surface area contributed by atoms with E-state index in [2.05, 4.69) is 45.1 Å². The van der Waals surface area contributed by atoms with Gasteiger partial charge in [0.2, 0.25) is 5.91 Å². The fourth-order valence-corrected chi connectivity index (χ4v) is 6.06. The summed E-state index contributed by atoms with van der Waals surface area (Å²) >= 11 is 0. The van der Waals surface area contributed by atoms with Crippen LogP contribution in [-0.2, 0) is 33.7 Å². The van der Waals surface area contributed by atoms with Crippen LogP contribution in [0.1, 0.15) is 74.0 Å². The van der Waals surface area contributed by atoms with E-state index in [1.54, 1.807) is 9.80 Å². The van der Waals surface area contributed by atoms with Crippen LogP contribution in [0.5, 0.6) is 0 Å². The fourth-order valence-electron chi connectivity index (χ4n) is 6.06. The van der Waals surface area contributed by atoms with Crippen LogP contribution < -0.4 is 5.32 Å². The summed E-state index contributed by atoms with van der Waals surface area (Å²) in [6.07, 6.45) is 5.47. The van der Waals surface area contributed by atoms with Crippen molar-refractivity contribution in [3.63, 3.8) is 0 Å². The number of nitrogens with one attached hydrogen (secondary N) is 1. The number of carbonyl (C=O) groups excluding carboxylic acids is 3. The maximum absolute atomic E-state index is 14.2. The molecule has 7 nitrogen and oxygen atoms in total. The molecule has 1 fully saturated rings. The minimum absolute atomic E-state index is 0.0308. The van der Waals surface area contributed by atoms with Gasteiger partial charge < -0.3 is 24.6 Å². The van der Waals surface area contributed by atoms with E-state index in [9.17, 15) is 14.4 Å². The monoisotopic (exact) mass is 563 g/mol. The average Bonchev–Trinajstić information content (AvgIpc) is 3.43. The molecule has 1 saturated heterocycles. The van der Waals surface area contributed by atoms with E-state index in [1.807, 2.05) is 43.4 Å². The molecule has 1 unspecified atom stereocenters. The summed E-state index contributed by atoms with van der Waals surface area (Å²) in [5, 5.41) is 3.29. The molecule has 2 aromatic carbocycles. The third-order valence-corrected chi connectivity index (χ3v) is 8.27. The highest BCUT2D eigenvalue weighted by molar-refractivity contribution is 5.94. The van der Waals surface area contributed by atoms with Crippen LogP contribution in [0.25, 0.3) is 0 Å². The molecule has 0 bridgehead atoms. The van der Waals surface area contributed by atoms with Gasteiger partial charge in [-0.3, -0.25) is 9.59 Å². The van der Waals surface area contributed by atoms with Crippen LogP contribution in [0.15, 0.2) is 48.5 Å². The van der Waals surface area contributed by atoms with Crippen molar-refractivity contribution in [1.29, 1.82) is 0 Å². The second-order valence-electron chi connectivity index (χ2n) is 11.2. The molecule has 2 aromatic rings. The van der Waals surface area contributed by atoms with Crippen LogP contribution in [0.4, 0.5) is 0 Å². The SMILES string of the molecule is CCC.CCC(CC)[C@H](C=O)N(Cc1cccc(C(=O)N2CCOCC2)c1)C(=O)C(NC)C1Cc2ccccc2C1. The number of hydrogen-bond donors (Lipinski definition) is 1. The highest BCUT2D eigenvalue weighted by Crippen LogP contribution is 2.31. The van der Waals surface area contributed by atoms with Gasteiger partial charge in [0.1, 0.15) is 6.29 Å². The topological polar surface area (TPSA) is 79.0 Å². The van der Waals surface area contributed by atoms with Gasteiger partial charge in [0.15, 0.2) is 0 Å². The van der Waals surface area contributed by atoms with Crippen LogP contribution in [0, 0.1) is 11.8 Å². The van der Waals surface area contributed by atoms with Gasteiger partial charge in [-0.2, -0.15) is 0 Å². The number of amides is 2. The zero-order valence-corrected chi connectivity index (χ0v) is 25.6. The van der Waals surface area contributed by atoms with E-state index in [-0.39, 0.29) is 30.2 Å². The molecule has 1 aliphatic heterocycles. The van der Waals surface area contributed by atoms with Gasteiger partial charge in [0.05, 0.1) is 25.3 Å². The quantitative estimate of drug-likeness (QED) is 0.393. The zero-order chi connectivity index (χ0) is 29.8. The van der Waals surface area contributed by atoms with E-state index in [0.717, 1.165) is 37.5 Å². The lowest BCUT2D eigenvalue weighted by Crippen LogP contribution is -2.54. The molecule has 0 radical (unpaired) electrons. The maximum Gasteiger partial charge on any atom is 0.254 e. The van der Waals surface area contributed by atoms with E-state index < -0.39 is 12.1 Å². The average molecular weight is 564 g/mol. The maximum atomic E-state index is 14.2. The van der Waals surface area contributed by atoms with Crippen molar-refractivity contribution in [3.8, 4) is 0 Å². The van der Waals surface area contributed by atoms with Gasteiger partial charge in [-0.05, 0) is 60.5 Å². The number of ether oxygens (including phenoxy) is 1. The van der Waals surface area contributed by atoms with Crippen molar-refractivity contribution in [1.82, 2.24) is 15.1 Å². The Hall–Kier alpha value is -3.03. The first-order valence-electron chi connectivity index (χ1n) is 15.4. The van der Waals surface area contributed by atoms with Gasteiger partial charge >= 0.3 is 0 Å². The Morgan fingerprint density at radius 3 is 2.15 bits per heavy atom. The molecular formula is C34H49N3O4. The summed E-state index contributed by atoms with van der Waals surface area (Å²) in [7, 11) is 1.83. The van der Waals surface area contributed by atoms with E-state index in [4.69, 9.17) is 4.74 Å². The predicted molar refractivity (Wildman–Crippen MR) is 164 cm³/mol. The van der Waals surface area contributed by atoms with Gasteiger partial charge in [-0.15, -0.1) is 0 Å². The third kappa shape index (κ3) is 8.26. The number of rotatable bonds is 11.